The first-order valence-electron chi connectivity index (χ1n) is 8.43. The van der Waals surface area contributed by atoms with Crippen LogP contribution in [0.5, 0.6) is 5.75 Å². The number of rotatable bonds is 14. The molecule has 126 valence electrons. The van der Waals surface area contributed by atoms with E-state index in [1.54, 1.807) is 6.07 Å². The number of phenols is 1. The molecule has 0 aliphatic carbocycles. The predicted octanol–water partition coefficient (Wildman–Crippen LogP) is 1.18. The number of nitrogens with two attached hydrogens (primary N) is 1. The van der Waals surface area contributed by atoms with Crippen molar-refractivity contribution in [2.75, 3.05) is 39.3 Å². The molecule has 1 rings (SSSR count). The van der Waals surface area contributed by atoms with Crippen molar-refractivity contribution in [2.45, 2.75) is 32.2 Å². The average Bonchev–Trinajstić information content (AvgIpc) is 2.53. The Morgan fingerprint density at radius 2 is 1.36 bits per heavy atom. The highest BCUT2D eigenvalue weighted by molar-refractivity contribution is 5.31. The molecule has 5 nitrogen and oxygen atoms in total. The van der Waals surface area contributed by atoms with Crippen molar-refractivity contribution in [3.63, 3.8) is 0 Å². The lowest BCUT2D eigenvalue weighted by molar-refractivity contribution is 0.463. The minimum atomic E-state index is 0.369. The second-order valence-electron chi connectivity index (χ2n) is 5.51. The number of para-hydroxylation sites is 1. The molecule has 0 amide bonds. The number of unbranched alkanes of at least 4 members (excludes halogenated alkanes) is 1. The van der Waals surface area contributed by atoms with Crippen LogP contribution in [0.2, 0.25) is 0 Å². The third-order valence-corrected chi connectivity index (χ3v) is 3.53. The zero-order chi connectivity index (χ0) is 15.9. The summed E-state index contributed by atoms with van der Waals surface area (Å²) in [6.07, 6.45) is 4.58. The first-order chi connectivity index (χ1) is 10.8. The van der Waals surface area contributed by atoms with Gasteiger partial charge in [-0.05, 0) is 71.0 Å². The number of nitrogens with one attached hydrogen (secondary N) is 3. The second-order valence-corrected chi connectivity index (χ2v) is 5.51. The Morgan fingerprint density at radius 1 is 0.773 bits per heavy atom. The van der Waals surface area contributed by atoms with Gasteiger partial charge in [-0.25, -0.2) is 0 Å². The van der Waals surface area contributed by atoms with Gasteiger partial charge in [-0.1, -0.05) is 18.2 Å². The largest absolute Gasteiger partial charge is 0.508 e. The molecule has 0 aliphatic rings. The summed E-state index contributed by atoms with van der Waals surface area (Å²) in [6, 6.07) is 7.46. The van der Waals surface area contributed by atoms with Gasteiger partial charge in [-0.2, -0.15) is 0 Å². The smallest absolute Gasteiger partial charge is 0.120 e. The third-order valence-electron chi connectivity index (χ3n) is 3.53. The lowest BCUT2D eigenvalue weighted by atomic mass is 10.2. The summed E-state index contributed by atoms with van der Waals surface area (Å²) in [5.74, 6) is 0.369. The lowest BCUT2D eigenvalue weighted by Crippen LogP contribution is -2.24. The van der Waals surface area contributed by atoms with Crippen LogP contribution in [0, 0.1) is 0 Å². The zero-order valence-corrected chi connectivity index (χ0v) is 13.6. The van der Waals surface area contributed by atoms with E-state index in [0.29, 0.717) is 5.75 Å². The minimum Gasteiger partial charge on any atom is -0.508 e. The molecule has 0 heterocycles. The van der Waals surface area contributed by atoms with Crippen molar-refractivity contribution >= 4 is 0 Å². The van der Waals surface area contributed by atoms with Gasteiger partial charge in [-0.15, -0.1) is 0 Å². The molecule has 0 bridgehead atoms. The fraction of sp³-hybridized carbons (Fsp3) is 0.647. The Hall–Kier alpha value is -1.14. The Balaban J connectivity index is 1.81. The molecule has 0 atom stereocenters. The van der Waals surface area contributed by atoms with Crippen molar-refractivity contribution in [3.05, 3.63) is 29.8 Å². The van der Waals surface area contributed by atoms with Crippen LogP contribution < -0.4 is 21.7 Å². The number of benzene rings is 1. The monoisotopic (exact) mass is 308 g/mol. The van der Waals surface area contributed by atoms with Crippen LogP contribution in [-0.2, 0) is 6.54 Å². The molecule has 6 N–H and O–H groups in total. The molecule has 0 saturated carbocycles. The predicted molar refractivity (Wildman–Crippen MR) is 93.1 cm³/mol. The van der Waals surface area contributed by atoms with Crippen molar-refractivity contribution < 1.29 is 5.11 Å². The van der Waals surface area contributed by atoms with E-state index < -0.39 is 0 Å². The molecule has 0 fully saturated rings. The van der Waals surface area contributed by atoms with Gasteiger partial charge < -0.3 is 26.8 Å². The summed E-state index contributed by atoms with van der Waals surface area (Å²) in [5, 5.41) is 19.8. The Kier molecular flexibility index (Phi) is 11.6. The number of aromatic hydroxyl groups is 1. The van der Waals surface area contributed by atoms with Crippen molar-refractivity contribution in [1.82, 2.24) is 16.0 Å². The first kappa shape index (κ1) is 18.9. The van der Waals surface area contributed by atoms with Crippen LogP contribution in [-0.4, -0.2) is 44.4 Å². The summed E-state index contributed by atoms with van der Waals surface area (Å²) >= 11 is 0. The van der Waals surface area contributed by atoms with E-state index in [9.17, 15) is 5.11 Å². The van der Waals surface area contributed by atoms with E-state index in [1.807, 2.05) is 18.2 Å². The standard InChI is InChI=1S/C17H32N4O/c18-9-5-12-19-10-3-4-11-20-13-6-14-21-15-16-7-1-2-8-17(16)22/h1-2,7-8,19-22H,3-6,9-15,18H2. The van der Waals surface area contributed by atoms with E-state index in [1.165, 1.54) is 12.8 Å². The summed E-state index contributed by atoms with van der Waals surface area (Å²) in [7, 11) is 0. The molecule has 1 aromatic rings. The minimum absolute atomic E-state index is 0.369. The van der Waals surface area contributed by atoms with E-state index >= 15 is 0 Å². The molecular weight excluding hydrogens is 276 g/mol. The van der Waals surface area contributed by atoms with Gasteiger partial charge in [-0.3, -0.25) is 0 Å². The molecule has 0 radical (unpaired) electrons. The summed E-state index contributed by atoms with van der Waals surface area (Å²) in [4.78, 5) is 0. The number of hydrogen-bond acceptors (Lipinski definition) is 5. The maximum atomic E-state index is 9.64. The van der Waals surface area contributed by atoms with Gasteiger partial charge in [0.05, 0.1) is 0 Å². The van der Waals surface area contributed by atoms with Gasteiger partial charge in [0, 0.05) is 12.1 Å². The Bertz CT molecular complexity index is 373. The van der Waals surface area contributed by atoms with E-state index in [0.717, 1.165) is 64.2 Å². The topological polar surface area (TPSA) is 82.3 Å². The molecule has 0 unspecified atom stereocenters. The van der Waals surface area contributed by atoms with Gasteiger partial charge >= 0.3 is 0 Å². The fourth-order valence-electron chi connectivity index (χ4n) is 2.20. The summed E-state index contributed by atoms with van der Waals surface area (Å²) in [6.45, 7) is 6.69. The molecule has 0 saturated heterocycles. The zero-order valence-electron chi connectivity index (χ0n) is 13.6. The van der Waals surface area contributed by atoms with Gasteiger partial charge in [0.15, 0.2) is 0 Å². The summed E-state index contributed by atoms with van der Waals surface area (Å²) < 4.78 is 0. The highest BCUT2D eigenvalue weighted by atomic mass is 16.3. The SMILES string of the molecule is NCCCNCCCCNCCCNCc1ccccc1O. The molecular formula is C17H32N4O. The highest BCUT2D eigenvalue weighted by Gasteiger charge is 1.98. The molecule has 1 aromatic carbocycles. The van der Waals surface area contributed by atoms with Gasteiger partial charge in [0.1, 0.15) is 5.75 Å². The van der Waals surface area contributed by atoms with Crippen LogP contribution in [0.3, 0.4) is 0 Å². The molecule has 0 spiro atoms. The molecule has 22 heavy (non-hydrogen) atoms. The van der Waals surface area contributed by atoms with E-state index in [2.05, 4.69) is 16.0 Å². The van der Waals surface area contributed by atoms with E-state index in [-0.39, 0.29) is 0 Å². The van der Waals surface area contributed by atoms with Crippen LogP contribution in [0.1, 0.15) is 31.2 Å². The van der Waals surface area contributed by atoms with Gasteiger partial charge in [0.2, 0.25) is 0 Å². The fourth-order valence-corrected chi connectivity index (χ4v) is 2.20. The van der Waals surface area contributed by atoms with Crippen molar-refractivity contribution in [3.8, 4) is 5.75 Å². The molecule has 5 heteroatoms. The van der Waals surface area contributed by atoms with Gasteiger partial charge in [0.25, 0.3) is 0 Å². The van der Waals surface area contributed by atoms with Crippen LogP contribution >= 0.6 is 0 Å². The summed E-state index contributed by atoms with van der Waals surface area (Å²) in [5.41, 5.74) is 6.39. The Morgan fingerprint density at radius 3 is 2.05 bits per heavy atom. The van der Waals surface area contributed by atoms with Crippen molar-refractivity contribution in [2.24, 2.45) is 5.73 Å². The van der Waals surface area contributed by atoms with Crippen molar-refractivity contribution in [1.29, 1.82) is 0 Å². The third kappa shape index (κ3) is 9.73. The number of phenolic OH excluding ortho intramolecular Hbond substituents is 1. The maximum absolute atomic E-state index is 9.64. The van der Waals surface area contributed by atoms with Crippen LogP contribution in [0.25, 0.3) is 0 Å². The molecule has 0 aromatic heterocycles. The lowest BCUT2D eigenvalue weighted by Gasteiger charge is -2.08. The average molecular weight is 308 g/mol. The van der Waals surface area contributed by atoms with Crippen LogP contribution in [0.4, 0.5) is 0 Å². The normalized spacial score (nSPS) is 11.0. The quantitative estimate of drug-likeness (QED) is 0.333. The second kappa shape index (κ2) is 13.5. The Labute approximate surface area is 134 Å². The highest BCUT2D eigenvalue weighted by Crippen LogP contribution is 2.14. The number of hydrogen-bond donors (Lipinski definition) is 5. The molecule has 0 aliphatic heterocycles. The van der Waals surface area contributed by atoms with Crippen LogP contribution in [0.15, 0.2) is 24.3 Å². The maximum Gasteiger partial charge on any atom is 0.120 e. The first-order valence-corrected chi connectivity index (χ1v) is 8.43. The van der Waals surface area contributed by atoms with E-state index in [4.69, 9.17) is 5.73 Å².